The Morgan fingerprint density at radius 3 is 2.86 bits per heavy atom. The zero-order valence-electron chi connectivity index (χ0n) is 12.7. The zero-order chi connectivity index (χ0) is 15.4. The molecule has 1 aromatic rings. The summed E-state index contributed by atoms with van der Waals surface area (Å²) >= 11 is 0. The minimum absolute atomic E-state index is 0.0243. The topological polar surface area (TPSA) is 72.8 Å². The second-order valence-electron chi connectivity index (χ2n) is 5.81. The molecule has 0 bridgehead atoms. The highest BCUT2D eigenvalue weighted by Crippen LogP contribution is 2.31. The number of hydrogen-bond acceptors (Lipinski definition) is 4. The van der Waals surface area contributed by atoms with Crippen LogP contribution in [0.5, 0.6) is 0 Å². The minimum Gasteiger partial charge on any atom is -0.394 e. The van der Waals surface area contributed by atoms with Crippen molar-refractivity contribution < 1.29 is 15.0 Å². The molecular weight excluding hydrogens is 268 g/mol. The maximum absolute atomic E-state index is 12.3. The summed E-state index contributed by atoms with van der Waals surface area (Å²) in [6, 6.07) is 5.94. The molecule has 0 aromatic heterocycles. The van der Waals surface area contributed by atoms with E-state index in [0.717, 1.165) is 30.8 Å². The molecule has 0 fully saturated rings. The van der Waals surface area contributed by atoms with Gasteiger partial charge in [-0.2, -0.15) is 0 Å². The average molecular weight is 292 g/mol. The van der Waals surface area contributed by atoms with Gasteiger partial charge in [0.2, 0.25) is 5.91 Å². The molecule has 0 spiro atoms. The van der Waals surface area contributed by atoms with Gasteiger partial charge in [0.05, 0.1) is 12.7 Å². The van der Waals surface area contributed by atoms with Crippen molar-refractivity contribution >= 4 is 17.3 Å². The smallest absolute Gasteiger partial charge is 0.229 e. The third-order valence-electron chi connectivity index (χ3n) is 3.72. The van der Waals surface area contributed by atoms with Crippen molar-refractivity contribution in [2.45, 2.75) is 32.8 Å². The van der Waals surface area contributed by atoms with Crippen LogP contribution in [0, 0.1) is 5.92 Å². The summed E-state index contributed by atoms with van der Waals surface area (Å²) in [6.45, 7) is 4.60. The van der Waals surface area contributed by atoms with Crippen LogP contribution in [0.1, 0.15) is 25.8 Å². The molecule has 1 aliphatic rings. The van der Waals surface area contributed by atoms with E-state index in [-0.39, 0.29) is 25.0 Å². The summed E-state index contributed by atoms with van der Waals surface area (Å²) in [6.07, 6.45) is 1.19. The van der Waals surface area contributed by atoms with Gasteiger partial charge in [0, 0.05) is 30.4 Å². The number of carbonyl (C=O) groups is 1. The van der Waals surface area contributed by atoms with Crippen LogP contribution in [0.2, 0.25) is 0 Å². The molecule has 1 aliphatic heterocycles. The number of fused-ring (bicyclic) bond motifs is 1. The molecule has 2 rings (SSSR count). The lowest BCUT2D eigenvalue weighted by molar-refractivity contribution is -0.121. The number of aryl methyl sites for hydroxylation is 1. The summed E-state index contributed by atoms with van der Waals surface area (Å²) in [5.41, 5.74) is 3.00. The highest BCUT2D eigenvalue weighted by Gasteiger charge is 2.24. The second kappa shape index (κ2) is 6.91. The molecule has 1 heterocycles. The van der Waals surface area contributed by atoms with Crippen LogP contribution in [0.25, 0.3) is 0 Å². The summed E-state index contributed by atoms with van der Waals surface area (Å²) in [5, 5.41) is 21.3. The van der Waals surface area contributed by atoms with Gasteiger partial charge in [-0.1, -0.05) is 19.9 Å². The predicted octanol–water partition coefficient (Wildman–Crippen LogP) is 1.39. The number of aliphatic hydroxyl groups excluding tert-OH is 2. The number of aliphatic hydroxyl groups is 2. The normalized spacial score (nSPS) is 15.8. The van der Waals surface area contributed by atoms with Crippen LogP contribution in [0.4, 0.5) is 11.4 Å². The fourth-order valence-electron chi connectivity index (χ4n) is 2.53. The van der Waals surface area contributed by atoms with Gasteiger partial charge in [-0.15, -0.1) is 0 Å². The van der Waals surface area contributed by atoms with Crippen LogP contribution in [0.3, 0.4) is 0 Å². The molecule has 0 saturated carbocycles. The number of hydrogen-bond donors (Lipinski definition) is 3. The van der Waals surface area contributed by atoms with Crippen molar-refractivity contribution in [3.8, 4) is 0 Å². The summed E-state index contributed by atoms with van der Waals surface area (Å²) in [7, 11) is 0. The SMILES string of the molecule is CC(C)C(=O)N1CCCc2ccc(NCC(O)CO)cc21. The van der Waals surface area contributed by atoms with Gasteiger partial charge in [0.1, 0.15) is 0 Å². The van der Waals surface area contributed by atoms with Crippen molar-refractivity contribution in [2.75, 3.05) is 29.9 Å². The molecule has 0 radical (unpaired) electrons. The molecule has 1 aromatic carbocycles. The van der Waals surface area contributed by atoms with Gasteiger partial charge in [0.15, 0.2) is 0 Å². The van der Waals surface area contributed by atoms with E-state index in [9.17, 15) is 9.90 Å². The van der Waals surface area contributed by atoms with Crippen LogP contribution in [0.15, 0.2) is 18.2 Å². The molecule has 3 N–H and O–H groups in total. The van der Waals surface area contributed by atoms with E-state index in [0.29, 0.717) is 0 Å². The van der Waals surface area contributed by atoms with E-state index >= 15 is 0 Å². The van der Waals surface area contributed by atoms with E-state index in [1.807, 2.05) is 36.9 Å². The number of carbonyl (C=O) groups excluding carboxylic acids is 1. The van der Waals surface area contributed by atoms with Crippen molar-refractivity contribution in [3.05, 3.63) is 23.8 Å². The largest absolute Gasteiger partial charge is 0.394 e. The summed E-state index contributed by atoms with van der Waals surface area (Å²) < 4.78 is 0. The molecule has 5 heteroatoms. The number of nitrogens with one attached hydrogen (secondary N) is 1. The van der Waals surface area contributed by atoms with E-state index in [1.165, 1.54) is 5.56 Å². The maximum atomic E-state index is 12.3. The van der Waals surface area contributed by atoms with E-state index < -0.39 is 6.10 Å². The fraction of sp³-hybridized carbons (Fsp3) is 0.562. The molecule has 1 atom stereocenters. The first-order chi connectivity index (χ1) is 10.0. The van der Waals surface area contributed by atoms with Crippen molar-refractivity contribution in [2.24, 2.45) is 5.92 Å². The van der Waals surface area contributed by atoms with Crippen LogP contribution >= 0.6 is 0 Å². The third-order valence-corrected chi connectivity index (χ3v) is 3.72. The van der Waals surface area contributed by atoms with Crippen LogP contribution in [-0.4, -0.2) is 41.9 Å². The number of amides is 1. The molecule has 5 nitrogen and oxygen atoms in total. The van der Waals surface area contributed by atoms with Gasteiger partial charge in [-0.3, -0.25) is 4.79 Å². The van der Waals surface area contributed by atoms with Gasteiger partial charge in [-0.25, -0.2) is 0 Å². The summed E-state index contributed by atoms with van der Waals surface area (Å²) in [4.78, 5) is 14.2. The number of rotatable bonds is 5. The molecule has 116 valence electrons. The third kappa shape index (κ3) is 3.74. The lowest BCUT2D eigenvalue weighted by Crippen LogP contribution is -2.38. The number of nitrogens with zero attached hydrogens (tertiary/aromatic N) is 1. The summed E-state index contributed by atoms with van der Waals surface area (Å²) in [5.74, 6) is 0.118. The first-order valence-corrected chi connectivity index (χ1v) is 7.50. The minimum atomic E-state index is -0.783. The van der Waals surface area contributed by atoms with E-state index in [1.54, 1.807) is 0 Å². The maximum Gasteiger partial charge on any atom is 0.229 e. The van der Waals surface area contributed by atoms with Gasteiger partial charge < -0.3 is 20.4 Å². The van der Waals surface area contributed by atoms with Gasteiger partial charge in [0.25, 0.3) is 0 Å². The monoisotopic (exact) mass is 292 g/mol. The lowest BCUT2D eigenvalue weighted by atomic mass is 9.99. The number of anilines is 2. The molecule has 21 heavy (non-hydrogen) atoms. The first-order valence-electron chi connectivity index (χ1n) is 7.50. The van der Waals surface area contributed by atoms with Crippen LogP contribution in [-0.2, 0) is 11.2 Å². The second-order valence-corrected chi connectivity index (χ2v) is 5.81. The Morgan fingerprint density at radius 2 is 2.19 bits per heavy atom. The Balaban J connectivity index is 2.19. The Morgan fingerprint density at radius 1 is 1.43 bits per heavy atom. The average Bonchev–Trinajstić information content (AvgIpc) is 2.50. The van der Waals surface area contributed by atoms with E-state index in [4.69, 9.17) is 5.11 Å². The standard InChI is InChI=1S/C16H24N2O3/c1-11(2)16(21)18-7-3-4-12-5-6-13(8-15(12)18)17-9-14(20)10-19/h5-6,8,11,14,17,19-20H,3-4,7,9-10H2,1-2H3. The molecule has 0 saturated heterocycles. The molecular formula is C16H24N2O3. The van der Waals surface area contributed by atoms with Crippen molar-refractivity contribution in [1.29, 1.82) is 0 Å². The molecule has 0 aliphatic carbocycles. The Labute approximate surface area is 125 Å². The van der Waals surface area contributed by atoms with E-state index in [2.05, 4.69) is 5.32 Å². The van der Waals surface area contributed by atoms with Gasteiger partial charge in [-0.05, 0) is 30.5 Å². The Kier molecular flexibility index (Phi) is 5.20. The Bertz CT molecular complexity index is 502. The molecule has 1 amide bonds. The highest BCUT2D eigenvalue weighted by atomic mass is 16.3. The van der Waals surface area contributed by atoms with Crippen molar-refractivity contribution in [3.63, 3.8) is 0 Å². The van der Waals surface area contributed by atoms with Gasteiger partial charge >= 0.3 is 0 Å². The zero-order valence-corrected chi connectivity index (χ0v) is 12.7. The van der Waals surface area contributed by atoms with Crippen molar-refractivity contribution in [1.82, 2.24) is 0 Å². The highest BCUT2D eigenvalue weighted by molar-refractivity contribution is 5.96. The van der Waals surface area contributed by atoms with Crippen LogP contribution < -0.4 is 10.2 Å². The quantitative estimate of drug-likeness (QED) is 0.767. The fourth-order valence-corrected chi connectivity index (χ4v) is 2.53. The number of benzene rings is 1. The predicted molar refractivity (Wildman–Crippen MR) is 83.5 cm³/mol. The molecule has 1 unspecified atom stereocenters. The first kappa shape index (κ1) is 15.8. The Hall–Kier alpha value is -1.59. The lowest BCUT2D eigenvalue weighted by Gasteiger charge is -2.31.